The van der Waals surface area contributed by atoms with E-state index < -0.39 is 10.0 Å². The Bertz CT molecular complexity index is 900. The van der Waals surface area contributed by atoms with E-state index in [1.54, 1.807) is 23.0 Å². The summed E-state index contributed by atoms with van der Waals surface area (Å²) in [6.45, 7) is 1.89. The molecule has 0 spiro atoms. The predicted octanol–water partition coefficient (Wildman–Crippen LogP) is 1.89. The summed E-state index contributed by atoms with van der Waals surface area (Å²) in [7, 11) is -3.70. The monoisotopic (exact) mass is 314 g/mol. The molecule has 112 valence electrons. The van der Waals surface area contributed by atoms with Crippen LogP contribution in [0.1, 0.15) is 5.69 Å². The molecule has 0 fully saturated rings. The van der Waals surface area contributed by atoms with E-state index in [2.05, 4.69) is 10.1 Å². The van der Waals surface area contributed by atoms with Crippen LogP contribution in [0.3, 0.4) is 0 Å². The first-order valence-electron chi connectivity index (χ1n) is 6.56. The van der Waals surface area contributed by atoms with Crippen LogP contribution in [0.2, 0.25) is 0 Å². The minimum atomic E-state index is -3.70. The van der Waals surface area contributed by atoms with Crippen LogP contribution in [-0.4, -0.2) is 23.2 Å². The lowest BCUT2D eigenvalue weighted by atomic mass is 10.2. The van der Waals surface area contributed by atoms with Gasteiger partial charge in [-0.05, 0) is 49.4 Å². The molecule has 0 aliphatic carbocycles. The fraction of sp³-hybridized carbons (Fsp3) is 0.0667. The van der Waals surface area contributed by atoms with Crippen molar-refractivity contribution < 1.29 is 8.42 Å². The second-order valence-corrected chi connectivity index (χ2v) is 6.40. The van der Waals surface area contributed by atoms with Gasteiger partial charge in [-0.2, -0.15) is 5.10 Å². The number of nitrogens with zero attached hydrogens (tertiary/aromatic N) is 3. The molecule has 0 aliphatic rings. The Morgan fingerprint density at radius 3 is 2.41 bits per heavy atom. The van der Waals surface area contributed by atoms with E-state index in [1.807, 2.05) is 31.2 Å². The molecule has 0 saturated carbocycles. The van der Waals surface area contributed by atoms with Crippen LogP contribution in [-0.2, 0) is 10.0 Å². The number of rotatable bonds is 3. The molecule has 0 aliphatic heterocycles. The Hall–Kier alpha value is -2.51. The van der Waals surface area contributed by atoms with E-state index >= 15 is 0 Å². The van der Waals surface area contributed by atoms with E-state index in [0.717, 1.165) is 22.8 Å². The summed E-state index contributed by atoms with van der Waals surface area (Å²) in [5, 5.41) is 9.56. The van der Waals surface area contributed by atoms with Gasteiger partial charge in [0.05, 0.1) is 27.7 Å². The highest BCUT2D eigenvalue weighted by Gasteiger charge is 2.12. The maximum Gasteiger partial charge on any atom is 0.238 e. The molecule has 3 aromatic rings. The van der Waals surface area contributed by atoms with Crippen LogP contribution >= 0.6 is 0 Å². The number of aryl methyl sites for hydroxylation is 1. The molecule has 0 radical (unpaired) electrons. The smallest absolute Gasteiger partial charge is 0.238 e. The summed E-state index contributed by atoms with van der Waals surface area (Å²) in [6, 6.07) is 13.8. The summed E-state index contributed by atoms with van der Waals surface area (Å²) in [5.74, 6) is 0. The van der Waals surface area contributed by atoms with Gasteiger partial charge in [-0.1, -0.05) is 6.07 Å². The molecular weight excluding hydrogens is 300 g/mol. The maximum absolute atomic E-state index is 11.3. The summed E-state index contributed by atoms with van der Waals surface area (Å²) in [4.78, 5) is 4.40. The molecule has 0 bridgehead atoms. The van der Waals surface area contributed by atoms with Gasteiger partial charge in [0.25, 0.3) is 0 Å². The zero-order valence-corrected chi connectivity index (χ0v) is 12.7. The van der Waals surface area contributed by atoms with Crippen LogP contribution in [0.15, 0.2) is 59.6 Å². The molecule has 3 rings (SSSR count). The third-order valence-corrected chi connectivity index (χ3v) is 4.10. The highest BCUT2D eigenvalue weighted by Crippen LogP contribution is 2.22. The second-order valence-electron chi connectivity index (χ2n) is 4.84. The van der Waals surface area contributed by atoms with Crippen LogP contribution in [0.5, 0.6) is 0 Å². The van der Waals surface area contributed by atoms with Gasteiger partial charge in [-0.3, -0.25) is 4.98 Å². The molecule has 2 aromatic heterocycles. The Balaban J connectivity index is 2.10. The Kier molecular flexibility index (Phi) is 3.51. The molecule has 2 N–H and O–H groups in total. The number of aromatic nitrogens is 3. The zero-order chi connectivity index (χ0) is 15.7. The first-order valence-corrected chi connectivity index (χ1v) is 8.11. The SMILES string of the molecule is Cc1cc(-c2ccccn2)n(-c2ccc(S(N)(=O)=O)cc2)n1. The zero-order valence-electron chi connectivity index (χ0n) is 11.8. The van der Waals surface area contributed by atoms with E-state index in [-0.39, 0.29) is 4.90 Å². The van der Waals surface area contributed by atoms with Crippen molar-refractivity contribution in [1.29, 1.82) is 0 Å². The number of sulfonamides is 1. The van der Waals surface area contributed by atoms with Crippen molar-refractivity contribution in [3.05, 3.63) is 60.4 Å². The van der Waals surface area contributed by atoms with E-state index in [9.17, 15) is 8.42 Å². The number of benzene rings is 1. The summed E-state index contributed by atoms with van der Waals surface area (Å²) < 4.78 is 24.4. The largest absolute Gasteiger partial charge is 0.255 e. The molecule has 7 heteroatoms. The molecule has 0 amide bonds. The van der Waals surface area contributed by atoms with E-state index in [4.69, 9.17) is 5.14 Å². The minimum absolute atomic E-state index is 0.0690. The van der Waals surface area contributed by atoms with Crippen molar-refractivity contribution in [3.8, 4) is 17.1 Å². The van der Waals surface area contributed by atoms with Gasteiger partial charge >= 0.3 is 0 Å². The molecule has 0 unspecified atom stereocenters. The summed E-state index contributed by atoms with van der Waals surface area (Å²) >= 11 is 0. The van der Waals surface area contributed by atoms with E-state index in [0.29, 0.717) is 0 Å². The molecular formula is C15H14N4O2S. The summed E-state index contributed by atoms with van der Waals surface area (Å²) in [6.07, 6.45) is 1.71. The van der Waals surface area contributed by atoms with Crippen LogP contribution in [0, 0.1) is 6.92 Å². The third kappa shape index (κ3) is 2.76. The van der Waals surface area contributed by atoms with Crippen LogP contribution in [0.4, 0.5) is 0 Å². The molecule has 6 nitrogen and oxygen atoms in total. The maximum atomic E-state index is 11.3. The number of nitrogens with two attached hydrogens (primary N) is 1. The first kappa shape index (κ1) is 14.4. The Morgan fingerprint density at radius 1 is 1.09 bits per heavy atom. The standard InChI is InChI=1S/C15H14N4O2S/c1-11-10-15(14-4-2-3-9-17-14)19(18-11)12-5-7-13(8-6-12)22(16,20)21/h2-10H,1H3,(H2,16,20,21). The van der Waals surface area contributed by atoms with Crippen LogP contribution < -0.4 is 5.14 Å². The Labute approximate surface area is 128 Å². The van der Waals surface area contributed by atoms with Gasteiger partial charge in [0, 0.05) is 6.20 Å². The Morgan fingerprint density at radius 2 is 1.82 bits per heavy atom. The molecule has 22 heavy (non-hydrogen) atoms. The number of pyridine rings is 1. The topological polar surface area (TPSA) is 90.9 Å². The molecule has 1 aromatic carbocycles. The minimum Gasteiger partial charge on any atom is -0.255 e. The van der Waals surface area contributed by atoms with Crippen molar-refractivity contribution in [1.82, 2.24) is 14.8 Å². The van der Waals surface area contributed by atoms with Gasteiger partial charge in [0.15, 0.2) is 0 Å². The lowest BCUT2D eigenvalue weighted by molar-refractivity contribution is 0.598. The van der Waals surface area contributed by atoms with Gasteiger partial charge in [-0.15, -0.1) is 0 Å². The normalized spacial score (nSPS) is 11.5. The van der Waals surface area contributed by atoms with Gasteiger partial charge in [0.2, 0.25) is 10.0 Å². The molecule has 0 saturated heterocycles. The average molecular weight is 314 g/mol. The third-order valence-electron chi connectivity index (χ3n) is 3.17. The highest BCUT2D eigenvalue weighted by atomic mass is 32.2. The average Bonchev–Trinajstić information content (AvgIpc) is 2.89. The highest BCUT2D eigenvalue weighted by molar-refractivity contribution is 7.89. The number of hydrogen-bond donors (Lipinski definition) is 1. The molecule has 2 heterocycles. The number of hydrogen-bond acceptors (Lipinski definition) is 4. The van der Waals surface area contributed by atoms with Crippen molar-refractivity contribution >= 4 is 10.0 Å². The predicted molar refractivity (Wildman–Crippen MR) is 82.9 cm³/mol. The van der Waals surface area contributed by atoms with Gasteiger partial charge in [-0.25, -0.2) is 18.2 Å². The lowest BCUT2D eigenvalue weighted by Gasteiger charge is -2.07. The fourth-order valence-electron chi connectivity index (χ4n) is 2.17. The van der Waals surface area contributed by atoms with Gasteiger partial charge in [0.1, 0.15) is 0 Å². The number of primary sulfonamides is 1. The summed E-state index contributed by atoms with van der Waals surface area (Å²) in [5.41, 5.74) is 3.21. The molecule has 0 atom stereocenters. The van der Waals surface area contributed by atoms with Crippen molar-refractivity contribution in [2.24, 2.45) is 5.14 Å². The second kappa shape index (κ2) is 5.36. The van der Waals surface area contributed by atoms with Crippen molar-refractivity contribution in [2.75, 3.05) is 0 Å². The fourth-order valence-corrected chi connectivity index (χ4v) is 2.69. The first-order chi connectivity index (χ1) is 10.4. The van der Waals surface area contributed by atoms with E-state index in [1.165, 1.54) is 12.1 Å². The van der Waals surface area contributed by atoms with Crippen LogP contribution in [0.25, 0.3) is 17.1 Å². The van der Waals surface area contributed by atoms with Gasteiger partial charge < -0.3 is 0 Å². The lowest BCUT2D eigenvalue weighted by Crippen LogP contribution is -2.12. The van der Waals surface area contributed by atoms with Crippen molar-refractivity contribution in [3.63, 3.8) is 0 Å². The van der Waals surface area contributed by atoms with Crippen molar-refractivity contribution in [2.45, 2.75) is 11.8 Å². The quantitative estimate of drug-likeness (QED) is 0.799.